The molecule has 5 nitrogen and oxygen atoms in total. The highest BCUT2D eigenvalue weighted by atomic mass is 35.5. The predicted octanol–water partition coefficient (Wildman–Crippen LogP) is 2.04. The molecule has 0 aliphatic carbocycles. The number of benzene rings is 1. The average molecular weight is 371 g/mol. The molecule has 4 rings (SSSR count). The fourth-order valence-corrected chi connectivity index (χ4v) is 4.45. The Morgan fingerprint density at radius 2 is 1.88 bits per heavy atom. The molecule has 1 N–H and O–H groups in total. The normalized spacial score (nSPS) is 24.4. The molecular formula is C17H23ClN2O3S. The van der Waals surface area contributed by atoms with Gasteiger partial charge in [-0.15, -0.1) is 24.2 Å². The van der Waals surface area contributed by atoms with Crippen LogP contribution in [0.3, 0.4) is 0 Å². The molecule has 1 amide bonds. The highest BCUT2D eigenvalue weighted by molar-refractivity contribution is 7.99. The molecule has 3 aliphatic heterocycles. The number of nitrogens with zero attached hydrogens (tertiary/aromatic N) is 1. The zero-order valence-corrected chi connectivity index (χ0v) is 15.2. The number of thioether (sulfide) groups is 1. The van der Waals surface area contributed by atoms with E-state index in [9.17, 15) is 4.79 Å². The quantitative estimate of drug-likeness (QED) is 0.822. The highest BCUT2D eigenvalue weighted by Crippen LogP contribution is 2.34. The van der Waals surface area contributed by atoms with Crippen LogP contribution in [0.25, 0.3) is 0 Å². The third kappa shape index (κ3) is 3.76. The van der Waals surface area contributed by atoms with E-state index in [1.807, 2.05) is 18.2 Å². The van der Waals surface area contributed by atoms with Gasteiger partial charge in [-0.3, -0.25) is 4.79 Å². The fourth-order valence-electron chi connectivity index (χ4n) is 3.59. The van der Waals surface area contributed by atoms with Crippen LogP contribution in [0.5, 0.6) is 11.5 Å². The van der Waals surface area contributed by atoms with E-state index in [0.717, 1.165) is 48.3 Å². The van der Waals surface area contributed by atoms with E-state index in [1.54, 1.807) is 11.8 Å². The fraction of sp³-hybridized carbons (Fsp3) is 0.588. The van der Waals surface area contributed by atoms with E-state index < -0.39 is 0 Å². The summed E-state index contributed by atoms with van der Waals surface area (Å²) < 4.78 is 11.1. The van der Waals surface area contributed by atoms with Gasteiger partial charge in [-0.25, -0.2) is 0 Å². The molecule has 0 aromatic heterocycles. The summed E-state index contributed by atoms with van der Waals surface area (Å²) in [5.41, 5.74) is 0. The first-order chi connectivity index (χ1) is 11.3. The molecule has 2 fully saturated rings. The van der Waals surface area contributed by atoms with Crippen LogP contribution in [0.15, 0.2) is 23.1 Å². The van der Waals surface area contributed by atoms with Crippen molar-refractivity contribution < 1.29 is 14.3 Å². The van der Waals surface area contributed by atoms with Crippen molar-refractivity contribution in [2.24, 2.45) is 11.8 Å². The van der Waals surface area contributed by atoms with Crippen molar-refractivity contribution in [3.8, 4) is 11.5 Å². The molecule has 0 saturated carbocycles. The molecule has 3 aliphatic rings. The SMILES string of the molecule is Cl.O=C(CCSc1ccc2c(c1)OCCO2)N1C[C@H]2CNC[C@H]2C1. The van der Waals surface area contributed by atoms with Gasteiger partial charge in [0.25, 0.3) is 0 Å². The van der Waals surface area contributed by atoms with Gasteiger partial charge in [0.15, 0.2) is 11.5 Å². The first kappa shape index (κ1) is 17.7. The van der Waals surface area contributed by atoms with Crippen LogP contribution in [0.4, 0.5) is 0 Å². The molecule has 2 atom stereocenters. The van der Waals surface area contributed by atoms with E-state index in [1.165, 1.54) is 0 Å². The smallest absolute Gasteiger partial charge is 0.223 e. The maximum atomic E-state index is 12.3. The number of halogens is 1. The lowest BCUT2D eigenvalue weighted by Gasteiger charge is -2.19. The lowest BCUT2D eigenvalue weighted by Crippen LogP contribution is -2.32. The maximum Gasteiger partial charge on any atom is 0.223 e. The van der Waals surface area contributed by atoms with Crippen LogP contribution in [-0.2, 0) is 4.79 Å². The summed E-state index contributed by atoms with van der Waals surface area (Å²) in [6.45, 7) is 5.23. The average Bonchev–Trinajstić information content (AvgIpc) is 3.16. The first-order valence-electron chi connectivity index (χ1n) is 8.30. The number of nitrogens with one attached hydrogen (secondary N) is 1. The second kappa shape index (κ2) is 7.85. The number of hydrogen-bond donors (Lipinski definition) is 1. The zero-order chi connectivity index (χ0) is 15.6. The minimum absolute atomic E-state index is 0. The van der Waals surface area contributed by atoms with Crippen LogP contribution in [-0.4, -0.2) is 56.0 Å². The molecular weight excluding hydrogens is 348 g/mol. The number of fused-ring (bicyclic) bond motifs is 2. The summed E-state index contributed by atoms with van der Waals surface area (Å²) in [7, 11) is 0. The van der Waals surface area contributed by atoms with Crippen molar-refractivity contribution in [2.45, 2.75) is 11.3 Å². The Morgan fingerprint density at radius 1 is 1.17 bits per heavy atom. The Kier molecular flexibility index (Phi) is 5.79. The van der Waals surface area contributed by atoms with Crippen LogP contribution < -0.4 is 14.8 Å². The molecule has 0 radical (unpaired) electrons. The summed E-state index contributed by atoms with van der Waals surface area (Å²) >= 11 is 1.71. The molecule has 0 spiro atoms. The van der Waals surface area contributed by atoms with Crippen LogP contribution in [0, 0.1) is 11.8 Å². The first-order valence-corrected chi connectivity index (χ1v) is 9.29. The van der Waals surface area contributed by atoms with Crippen molar-refractivity contribution in [1.82, 2.24) is 10.2 Å². The molecule has 1 aromatic rings. The van der Waals surface area contributed by atoms with Crippen molar-refractivity contribution >= 4 is 30.1 Å². The highest BCUT2D eigenvalue weighted by Gasteiger charge is 2.37. The molecule has 7 heteroatoms. The number of ether oxygens (including phenoxy) is 2. The Balaban J connectivity index is 0.00000169. The van der Waals surface area contributed by atoms with Crippen LogP contribution >= 0.6 is 24.2 Å². The minimum Gasteiger partial charge on any atom is -0.486 e. The van der Waals surface area contributed by atoms with Gasteiger partial charge < -0.3 is 19.7 Å². The minimum atomic E-state index is 0. The maximum absolute atomic E-state index is 12.3. The van der Waals surface area contributed by atoms with Gasteiger partial charge in [-0.2, -0.15) is 0 Å². The molecule has 132 valence electrons. The summed E-state index contributed by atoms with van der Waals surface area (Å²) in [5, 5.41) is 3.41. The van der Waals surface area contributed by atoms with E-state index in [2.05, 4.69) is 10.2 Å². The lowest BCUT2D eigenvalue weighted by atomic mass is 10.0. The molecule has 0 bridgehead atoms. The van der Waals surface area contributed by atoms with Gasteiger partial charge >= 0.3 is 0 Å². The largest absolute Gasteiger partial charge is 0.486 e. The number of rotatable bonds is 4. The van der Waals surface area contributed by atoms with Gasteiger partial charge in [0, 0.05) is 43.2 Å². The van der Waals surface area contributed by atoms with Crippen molar-refractivity contribution in [2.75, 3.05) is 45.1 Å². The van der Waals surface area contributed by atoms with E-state index >= 15 is 0 Å². The third-order valence-corrected chi connectivity index (χ3v) is 5.84. The Hall–Kier alpha value is -1.11. The van der Waals surface area contributed by atoms with E-state index in [-0.39, 0.29) is 12.4 Å². The lowest BCUT2D eigenvalue weighted by molar-refractivity contribution is -0.129. The molecule has 2 saturated heterocycles. The third-order valence-electron chi connectivity index (χ3n) is 4.84. The number of carbonyl (C=O) groups is 1. The monoisotopic (exact) mass is 370 g/mol. The molecule has 1 aromatic carbocycles. The van der Waals surface area contributed by atoms with Gasteiger partial charge in [0.05, 0.1) is 0 Å². The summed E-state index contributed by atoms with van der Waals surface area (Å²) in [5.74, 6) is 4.07. The summed E-state index contributed by atoms with van der Waals surface area (Å²) in [6.07, 6.45) is 0.603. The molecule has 24 heavy (non-hydrogen) atoms. The van der Waals surface area contributed by atoms with Gasteiger partial charge in [0.1, 0.15) is 13.2 Å². The zero-order valence-electron chi connectivity index (χ0n) is 13.5. The van der Waals surface area contributed by atoms with Gasteiger partial charge in [-0.1, -0.05) is 0 Å². The number of amides is 1. The predicted molar refractivity (Wildman–Crippen MR) is 96.5 cm³/mol. The van der Waals surface area contributed by atoms with E-state index in [0.29, 0.717) is 37.4 Å². The van der Waals surface area contributed by atoms with Crippen molar-refractivity contribution in [3.63, 3.8) is 0 Å². The van der Waals surface area contributed by atoms with Gasteiger partial charge in [0.2, 0.25) is 5.91 Å². The Bertz CT molecular complexity index is 589. The second-order valence-corrected chi connectivity index (χ2v) is 7.55. The van der Waals surface area contributed by atoms with Crippen LogP contribution in [0.2, 0.25) is 0 Å². The second-order valence-electron chi connectivity index (χ2n) is 6.38. The number of hydrogen-bond acceptors (Lipinski definition) is 5. The number of likely N-dealkylation sites (tertiary alicyclic amines) is 1. The standard InChI is InChI=1S/C17H22N2O3S.ClH/c20-17(19-10-12-8-18-9-13(12)11-19)3-6-23-14-1-2-15-16(7-14)22-5-4-21-15;/h1-2,7,12-13,18H,3-6,8-11H2;1H/t12-,13+;. The summed E-state index contributed by atoms with van der Waals surface area (Å²) in [4.78, 5) is 15.5. The van der Waals surface area contributed by atoms with Crippen LogP contribution in [0.1, 0.15) is 6.42 Å². The molecule has 3 heterocycles. The molecule has 0 unspecified atom stereocenters. The van der Waals surface area contributed by atoms with E-state index in [4.69, 9.17) is 9.47 Å². The number of carbonyl (C=O) groups excluding carboxylic acids is 1. The summed E-state index contributed by atoms with van der Waals surface area (Å²) in [6, 6.07) is 6.00. The van der Waals surface area contributed by atoms with Crippen molar-refractivity contribution in [3.05, 3.63) is 18.2 Å². The Labute approximate surface area is 152 Å². The van der Waals surface area contributed by atoms with Gasteiger partial charge in [-0.05, 0) is 30.0 Å². The Morgan fingerprint density at radius 3 is 2.62 bits per heavy atom. The van der Waals surface area contributed by atoms with Crippen molar-refractivity contribution in [1.29, 1.82) is 0 Å². The topological polar surface area (TPSA) is 50.8 Å².